The van der Waals surface area contributed by atoms with Gasteiger partial charge in [0.25, 0.3) is 0 Å². The molecule has 24 heavy (non-hydrogen) atoms. The third kappa shape index (κ3) is 3.89. The van der Waals surface area contributed by atoms with Crippen molar-refractivity contribution in [2.45, 2.75) is 12.2 Å². The molecule has 1 atom stereocenters. The lowest BCUT2D eigenvalue weighted by Crippen LogP contribution is -2.45. The van der Waals surface area contributed by atoms with E-state index in [1.807, 2.05) is 12.1 Å². The van der Waals surface area contributed by atoms with Crippen LogP contribution in [0.2, 0.25) is 9.36 Å². The highest BCUT2D eigenvalue weighted by atomic mass is 35.5. The molecule has 0 bridgehead atoms. The van der Waals surface area contributed by atoms with Crippen LogP contribution >= 0.6 is 34.5 Å². The summed E-state index contributed by atoms with van der Waals surface area (Å²) < 4.78 is 39.5. The lowest BCUT2D eigenvalue weighted by molar-refractivity contribution is -0.137. The smallest absolute Gasteiger partial charge is 0.314 e. The standard InChI is InChI=1S/C16H15Cl2F3N2S/c17-12-9-10(1-2-11(12)16(19,20)21)15(13-3-4-14(18)24-13)23-7-5-22-6-8-23/h1-4,9,15,22H,5-8H2/t15-/m1/s1. The Bertz CT molecular complexity index is 712. The lowest BCUT2D eigenvalue weighted by Gasteiger charge is -2.35. The van der Waals surface area contributed by atoms with Gasteiger partial charge in [-0.3, -0.25) is 4.90 Å². The molecule has 2 aromatic rings. The number of alkyl halides is 3. The van der Waals surface area contributed by atoms with Gasteiger partial charge in [-0.1, -0.05) is 29.3 Å². The molecule has 1 N–H and O–H groups in total. The van der Waals surface area contributed by atoms with E-state index in [4.69, 9.17) is 23.2 Å². The normalized spacial score (nSPS) is 17.9. The van der Waals surface area contributed by atoms with Crippen molar-refractivity contribution in [2.75, 3.05) is 26.2 Å². The molecule has 130 valence electrons. The summed E-state index contributed by atoms with van der Waals surface area (Å²) >= 11 is 13.4. The van der Waals surface area contributed by atoms with E-state index < -0.39 is 11.7 Å². The number of thiophene rings is 1. The van der Waals surface area contributed by atoms with Gasteiger partial charge in [0.05, 0.1) is 21.0 Å². The Hall–Kier alpha value is -0.790. The number of nitrogens with zero attached hydrogens (tertiary/aromatic N) is 1. The SMILES string of the molecule is FC(F)(F)c1ccc([C@H](c2ccc(Cl)s2)N2CCNCC2)cc1Cl. The van der Waals surface area contributed by atoms with E-state index in [0.29, 0.717) is 4.34 Å². The van der Waals surface area contributed by atoms with Crippen LogP contribution in [0.1, 0.15) is 22.0 Å². The van der Waals surface area contributed by atoms with Crippen molar-refractivity contribution in [3.8, 4) is 0 Å². The van der Waals surface area contributed by atoms with E-state index in [-0.39, 0.29) is 11.1 Å². The number of hydrogen-bond donors (Lipinski definition) is 1. The molecular weight excluding hydrogens is 380 g/mol. The molecule has 1 aromatic carbocycles. The van der Waals surface area contributed by atoms with Crippen LogP contribution in [0.4, 0.5) is 13.2 Å². The molecule has 1 aromatic heterocycles. The van der Waals surface area contributed by atoms with Crippen LogP contribution in [-0.4, -0.2) is 31.1 Å². The van der Waals surface area contributed by atoms with Gasteiger partial charge in [0.15, 0.2) is 0 Å². The van der Waals surface area contributed by atoms with Crippen LogP contribution in [-0.2, 0) is 6.18 Å². The van der Waals surface area contributed by atoms with Gasteiger partial charge >= 0.3 is 6.18 Å². The Kier molecular flexibility index (Phi) is 5.42. The summed E-state index contributed by atoms with van der Waals surface area (Å²) in [5, 5.41) is 3.00. The molecule has 0 spiro atoms. The molecule has 1 aliphatic rings. The second-order valence-corrected chi connectivity index (χ2v) is 7.72. The van der Waals surface area contributed by atoms with E-state index in [2.05, 4.69) is 10.2 Å². The zero-order valence-electron chi connectivity index (χ0n) is 12.5. The van der Waals surface area contributed by atoms with Crippen molar-refractivity contribution in [3.05, 3.63) is 55.7 Å². The highest BCUT2D eigenvalue weighted by Crippen LogP contribution is 2.40. The molecule has 1 saturated heterocycles. The van der Waals surface area contributed by atoms with Gasteiger partial charge in [-0.25, -0.2) is 0 Å². The Morgan fingerprint density at radius 1 is 1.08 bits per heavy atom. The minimum Gasteiger partial charge on any atom is -0.314 e. The highest BCUT2D eigenvalue weighted by molar-refractivity contribution is 7.16. The van der Waals surface area contributed by atoms with E-state index >= 15 is 0 Å². The van der Waals surface area contributed by atoms with Crippen molar-refractivity contribution in [3.63, 3.8) is 0 Å². The van der Waals surface area contributed by atoms with Crippen LogP contribution in [0.3, 0.4) is 0 Å². The molecule has 8 heteroatoms. The van der Waals surface area contributed by atoms with Gasteiger partial charge in [0, 0.05) is 31.1 Å². The first-order valence-corrected chi connectivity index (χ1v) is 9.00. The van der Waals surface area contributed by atoms with Crippen molar-refractivity contribution in [1.29, 1.82) is 0 Å². The summed E-state index contributed by atoms with van der Waals surface area (Å²) in [6.45, 7) is 3.28. The molecule has 1 fully saturated rings. The van der Waals surface area contributed by atoms with Gasteiger partial charge in [0.2, 0.25) is 0 Å². The summed E-state index contributed by atoms with van der Waals surface area (Å²) in [6.07, 6.45) is -4.45. The first-order valence-electron chi connectivity index (χ1n) is 7.43. The summed E-state index contributed by atoms with van der Waals surface area (Å²) in [5.74, 6) is 0. The van der Waals surface area contributed by atoms with Crippen LogP contribution < -0.4 is 5.32 Å². The average Bonchev–Trinajstić information content (AvgIpc) is 2.93. The maximum absolute atomic E-state index is 12.9. The molecule has 0 radical (unpaired) electrons. The maximum Gasteiger partial charge on any atom is 0.417 e. The molecule has 0 saturated carbocycles. The number of halogens is 5. The number of rotatable bonds is 3. The van der Waals surface area contributed by atoms with Crippen molar-refractivity contribution >= 4 is 34.5 Å². The van der Waals surface area contributed by atoms with Crippen molar-refractivity contribution < 1.29 is 13.2 Å². The molecule has 2 heterocycles. The molecular formula is C16H15Cl2F3N2S. The Balaban J connectivity index is 2.00. The third-order valence-corrected chi connectivity index (χ3v) is 5.59. The first-order chi connectivity index (χ1) is 11.4. The molecule has 1 aliphatic heterocycles. The third-order valence-electron chi connectivity index (χ3n) is 3.99. The quantitative estimate of drug-likeness (QED) is 0.781. The van der Waals surface area contributed by atoms with E-state index in [1.165, 1.54) is 23.5 Å². The fourth-order valence-electron chi connectivity index (χ4n) is 2.90. The van der Waals surface area contributed by atoms with Crippen LogP contribution in [0.15, 0.2) is 30.3 Å². The topological polar surface area (TPSA) is 15.3 Å². The van der Waals surface area contributed by atoms with Gasteiger partial charge in [-0.05, 0) is 29.8 Å². The van der Waals surface area contributed by atoms with Crippen LogP contribution in [0.5, 0.6) is 0 Å². The zero-order chi connectivity index (χ0) is 17.3. The Labute approximate surface area is 152 Å². The Morgan fingerprint density at radius 3 is 2.33 bits per heavy atom. The molecule has 0 amide bonds. The predicted molar refractivity (Wildman–Crippen MR) is 92.1 cm³/mol. The van der Waals surface area contributed by atoms with Gasteiger partial charge < -0.3 is 5.32 Å². The number of piperazine rings is 1. The van der Waals surface area contributed by atoms with Crippen LogP contribution in [0, 0.1) is 0 Å². The van der Waals surface area contributed by atoms with Crippen molar-refractivity contribution in [2.24, 2.45) is 0 Å². The number of benzene rings is 1. The molecule has 0 unspecified atom stereocenters. The molecule has 2 nitrogen and oxygen atoms in total. The Morgan fingerprint density at radius 2 is 1.79 bits per heavy atom. The second kappa shape index (κ2) is 7.22. The molecule has 3 rings (SSSR count). The van der Waals surface area contributed by atoms with Gasteiger partial charge in [-0.15, -0.1) is 11.3 Å². The molecule has 0 aliphatic carbocycles. The van der Waals surface area contributed by atoms with E-state index in [1.54, 1.807) is 0 Å². The first kappa shape index (κ1) is 18.0. The fourth-order valence-corrected chi connectivity index (χ4v) is 4.42. The van der Waals surface area contributed by atoms with Gasteiger partial charge in [-0.2, -0.15) is 13.2 Å². The van der Waals surface area contributed by atoms with Crippen molar-refractivity contribution in [1.82, 2.24) is 10.2 Å². The van der Waals surface area contributed by atoms with Gasteiger partial charge in [0.1, 0.15) is 0 Å². The average molecular weight is 395 g/mol. The maximum atomic E-state index is 12.9. The summed E-state index contributed by atoms with van der Waals surface area (Å²) in [6, 6.07) is 7.57. The largest absolute Gasteiger partial charge is 0.417 e. The fraction of sp³-hybridized carbons (Fsp3) is 0.375. The summed E-state index contributed by atoms with van der Waals surface area (Å²) in [5.41, 5.74) is -0.0652. The van der Waals surface area contributed by atoms with Crippen LogP contribution in [0.25, 0.3) is 0 Å². The minimum absolute atomic E-state index is 0.149. The second-order valence-electron chi connectivity index (χ2n) is 5.57. The zero-order valence-corrected chi connectivity index (χ0v) is 14.9. The number of nitrogens with one attached hydrogen (secondary N) is 1. The monoisotopic (exact) mass is 394 g/mol. The summed E-state index contributed by atoms with van der Waals surface area (Å²) in [4.78, 5) is 3.23. The predicted octanol–water partition coefficient (Wildman–Crippen LogP) is 5.07. The van der Waals surface area contributed by atoms with E-state index in [0.717, 1.165) is 42.7 Å². The minimum atomic E-state index is -4.45. The highest BCUT2D eigenvalue weighted by Gasteiger charge is 2.34. The van der Waals surface area contributed by atoms with E-state index in [9.17, 15) is 13.2 Å². The lowest BCUT2D eigenvalue weighted by atomic mass is 10.0. The summed E-state index contributed by atoms with van der Waals surface area (Å²) in [7, 11) is 0. The number of hydrogen-bond acceptors (Lipinski definition) is 3.